The smallest absolute Gasteiger partial charge is 0.375 e. The third kappa shape index (κ3) is 5.14. The summed E-state index contributed by atoms with van der Waals surface area (Å²) in [6, 6.07) is 6.70. The highest BCUT2D eigenvalue weighted by molar-refractivity contribution is 6.00. The summed E-state index contributed by atoms with van der Waals surface area (Å²) in [5.41, 5.74) is 1.10. The third-order valence-electron chi connectivity index (χ3n) is 4.91. The zero-order chi connectivity index (χ0) is 20.8. The van der Waals surface area contributed by atoms with E-state index in [1.54, 1.807) is 12.1 Å². The molecule has 156 valence electrons. The lowest BCUT2D eigenvalue weighted by molar-refractivity contribution is -0.128. The predicted octanol–water partition coefficient (Wildman–Crippen LogP) is 3.28. The van der Waals surface area contributed by atoms with Crippen molar-refractivity contribution >= 4 is 28.9 Å². The van der Waals surface area contributed by atoms with E-state index in [4.69, 9.17) is 13.9 Å². The van der Waals surface area contributed by atoms with Crippen LogP contribution in [0.5, 0.6) is 0 Å². The minimum absolute atomic E-state index is 0.00490. The molecule has 3 amide bonds. The molecule has 0 aliphatic heterocycles. The SMILES string of the molecule is CCOCc1c(C(=O)O[C@H](C)C(=O)NC(=O)NC2CCCC2)oc2ccccc12. The van der Waals surface area contributed by atoms with Gasteiger partial charge in [0.2, 0.25) is 5.76 Å². The molecular formula is C21H26N2O6. The summed E-state index contributed by atoms with van der Waals surface area (Å²) < 4.78 is 16.3. The molecule has 8 heteroatoms. The number of furan rings is 1. The first-order valence-electron chi connectivity index (χ1n) is 9.90. The number of fused-ring (bicyclic) bond motifs is 1. The zero-order valence-electron chi connectivity index (χ0n) is 16.7. The molecule has 1 fully saturated rings. The van der Waals surface area contributed by atoms with Crippen molar-refractivity contribution in [3.05, 3.63) is 35.6 Å². The van der Waals surface area contributed by atoms with Gasteiger partial charge in [0, 0.05) is 23.6 Å². The highest BCUT2D eigenvalue weighted by Gasteiger charge is 2.27. The fourth-order valence-electron chi connectivity index (χ4n) is 3.38. The molecule has 3 rings (SSSR count). The molecule has 2 aromatic rings. The molecule has 8 nitrogen and oxygen atoms in total. The second-order valence-electron chi connectivity index (χ2n) is 7.03. The minimum atomic E-state index is -1.16. The Morgan fingerprint density at radius 2 is 1.93 bits per heavy atom. The Labute approximate surface area is 168 Å². The number of esters is 1. The average molecular weight is 402 g/mol. The van der Waals surface area contributed by atoms with Crippen LogP contribution in [-0.4, -0.2) is 36.7 Å². The Morgan fingerprint density at radius 1 is 1.21 bits per heavy atom. The van der Waals surface area contributed by atoms with Gasteiger partial charge in [0.25, 0.3) is 5.91 Å². The largest absolute Gasteiger partial charge is 0.449 e. The molecule has 0 unspecified atom stereocenters. The van der Waals surface area contributed by atoms with E-state index in [1.165, 1.54) is 6.92 Å². The normalized spacial score (nSPS) is 15.2. The molecular weight excluding hydrogens is 376 g/mol. The maximum absolute atomic E-state index is 12.6. The van der Waals surface area contributed by atoms with Crippen molar-refractivity contribution in [2.24, 2.45) is 0 Å². The number of benzene rings is 1. The van der Waals surface area contributed by atoms with E-state index in [1.807, 2.05) is 19.1 Å². The van der Waals surface area contributed by atoms with Gasteiger partial charge >= 0.3 is 12.0 Å². The lowest BCUT2D eigenvalue weighted by atomic mass is 10.1. The van der Waals surface area contributed by atoms with Gasteiger partial charge in [0.05, 0.1) is 6.61 Å². The maximum atomic E-state index is 12.6. The summed E-state index contributed by atoms with van der Waals surface area (Å²) in [7, 11) is 0. The first-order valence-corrected chi connectivity index (χ1v) is 9.90. The molecule has 1 atom stereocenters. The van der Waals surface area contributed by atoms with Crippen LogP contribution in [-0.2, 0) is 20.9 Å². The molecule has 1 aromatic carbocycles. The molecule has 1 aromatic heterocycles. The molecule has 0 radical (unpaired) electrons. The van der Waals surface area contributed by atoms with Gasteiger partial charge in [-0.3, -0.25) is 10.1 Å². The van der Waals surface area contributed by atoms with Crippen LogP contribution in [0.2, 0.25) is 0 Å². The van der Waals surface area contributed by atoms with Crippen LogP contribution >= 0.6 is 0 Å². The predicted molar refractivity (Wildman–Crippen MR) is 105 cm³/mol. The van der Waals surface area contributed by atoms with E-state index >= 15 is 0 Å². The summed E-state index contributed by atoms with van der Waals surface area (Å²) in [5.74, 6) is -1.49. The molecule has 1 saturated carbocycles. The number of amides is 3. The Morgan fingerprint density at radius 3 is 2.66 bits per heavy atom. The number of hydrogen-bond acceptors (Lipinski definition) is 6. The van der Waals surface area contributed by atoms with Crippen LogP contribution in [0.3, 0.4) is 0 Å². The van der Waals surface area contributed by atoms with Crippen LogP contribution in [0, 0.1) is 0 Å². The van der Waals surface area contributed by atoms with Crippen LogP contribution in [0.15, 0.2) is 28.7 Å². The molecule has 1 aliphatic rings. The number of carbonyl (C=O) groups is 3. The maximum Gasteiger partial charge on any atom is 0.375 e. The lowest BCUT2D eigenvalue weighted by Crippen LogP contribution is -2.47. The summed E-state index contributed by atoms with van der Waals surface area (Å²) in [4.78, 5) is 36.8. The van der Waals surface area contributed by atoms with E-state index < -0.39 is 24.0 Å². The van der Waals surface area contributed by atoms with Gasteiger partial charge in [-0.25, -0.2) is 9.59 Å². The molecule has 1 aliphatic carbocycles. The van der Waals surface area contributed by atoms with Crippen molar-refractivity contribution in [1.29, 1.82) is 0 Å². The number of nitrogens with one attached hydrogen (secondary N) is 2. The van der Waals surface area contributed by atoms with Crippen molar-refractivity contribution in [3.8, 4) is 0 Å². The molecule has 0 saturated heterocycles. The number of ether oxygens (including phenoxy) is 2. The topological polar surface area (TPSA) is 107 Å². The van der Waals surface area contributed by atoms with Crippen molar-refractivity contribution in [2.75, 3.05) is 6.61 Å². The van der Waals surface area contributed by atoms with Gasteiger partial charge in [-0.1, -0.05) is 31.0 Å². The van der Waals surface area contributed by atoms with Crippen LogP contribution < -0.4 is 10.6 Å². The van der Waals surface area contributed by atoms with E-state index in [9.17, 15) is 14.4 Å². The first kappa shape index (κ1) is 20.9. The van der Waals surface area contributed by atoms with Gasteiger partial charge < -0.3 is 19.2 Å². The third-order valence-corrected chi connectivity index (χ3v) is 4.91. The molecule has 0 bridgehead atoms. The van der Waals surface area contributed by atoms with Gasteiger partial charge in [-0.05, 0) is 32.8 Å². The highest BCUT2D eigenvalue weighted by atomic mass is 16.6. The zero-order valence-corrected chi connectivity index (χ0v) is 16.7. The monoisotopic (exact) mass is 402 g/mol. The molecule has 1 heterocycles. The van der Waals surface area contributed by atoms with E-state index in [-0.39, 0.29) is 18.4 Å². The van der Waals surface area contributed by atoms with E-state index in [0.717, 1.165) is 31.1 Å². The highest BCUT2D eigenvalue weighted by Crippen LogP contribution is 2.27. The first-order chi connectivity index (χ1) is 14.0. The van der Waals surface area contributed by atoms with Crippen molar-refractivity contribution in [2.45, 2.75) is 58.3 Å². The number of carbonyl (C=O) groups excluding carboxylic acids is 3. The van der Waals surface area contributed by atoms with Crippen LogP contribution in [0.4, 0.5) is 4.79 Å². The average Bonchev–Trinajstić information content (AvgIpc) is 3.33. The number of urea groups is 1. The van der Waals surface area contributed by atoms with Crippen molar-refractivity contribution in [1.82, 2.24) is 10.6 Å². The van der Waals surface area contributed by atoms with Crippen molar-refractivity contribution in [3.63, 3.8) is 0 Å². The lowest BCUT2D eigenvalue weighted by Gasteiger charge is -2.15. The van der Waals surface area contributed by atoms with Crippen molar-refractivity contribution < 1.29 is 28.3 Å². The number of rotatable bonds is 7. The molecule has 29 heavy (non-hydrogen) atoms. The summed E-state index contributed by atoms with van der Waals surface area (Å²) in [6.07, 6.45) is 2.77. The number of para-hydroxylation sites is 1. The van der Waals surface area contributed by atoms with Gasteiger partial charge in [0.1, 0.15) is 5.58 Å². The number of imide groups is 1. The summed E-state index contributed by atoms with van der Waals surface area (Å²) in [5, 5.41) is 5.72. The number of hydrogen-bond donors (Lipinski definition) is 2. The van der Waals surface area contributed by atoms with Crippen LogP contribution in [0.25, 0.3) is 11.0 Å². The fraction of sp³-hybridized carbons (Fsp3) is 0.476. The summed E-state index contributed by atoms with van der Waals surface area (Å²) >= 11 is 0. The van der Waals surface area contributed by atoms with Gasteiger partial charge in [-0.2, -0.15) is 0 Å². The second kappa shape index (κ2) is 9.56. The van der Waals surface area contributed by atoms with Crippen LogP contribution in [0.1, 0.15) is 55.6 Å². The molecule has 2 N–H and O–H groups in total. The fourth-order valence-corrected chi connectivity index (χ4v) is 3.38. The second-order valence-corrected chi connectivity index (χ2v) is 7.03. The van der Waals surface area contributed by atoms with E-state index in [0.29, 0.717) is 17.8 Å². The Bertz CT molecular complexity index is 884. The van der Waals surface area contributed by atoms with Gasteiger partial charge in [0.15, 0.2) is 6.10 Å². The molecule has 0 spiro atoms. The minimum Gasteiger partial charge on any atom is -0.449 e. The quantitative estimate of drug-likeness (QED) is 0.689. The standard InChI is InChI=1S/C21H26N2O6/c1-3-27-12-16-15-10-6-7-11-17(15)29-18(16)20(25)28-13(2)19(24)23-21(26)22-14-8-4-5-9-14/h6-7,10-11,13-14H,3-5,8-9,12H2,1-2H3,(H2,22,23,24,26)/t13-/m1/s1. The Kier molecular flexibility index (Phi) is 6.87. The van der Waals surface area contributed by atoms with E-state index in [2.05, 4.69) is 10.6 Å². The van der Waals surface area contributed by atoms with Gasteiger partial charge in [-0.15, -0.1) is 0 Å². The Balaban J connectivity index is 1.64. The summed E-state index contributed by atoms with van der Waals surface area (Å²) in [6.45, 7) is 3.91. The Hall–Kier alpha value is -2.87.